The number of hydrogen-bond acceptors (Lipinski definition) is 4. The fourth-order valence-electron chi connectivity index (χ4n) is 3.11. The van der Waals surface area contributed by atoms with Gasteiger partial charge < -0.3 is 18.9 Å². The van der Waals surface area contributed by atoms with Gasteiger partial charge in [-0.1, -0.05) is 6.07 Å². The van der Waals surface area contributed by atoms with Crippen molar-refractivity contribution >= 4 is 22.5 Å². The molecule has 0 spiro atoms. The highest BCUT2D eigenvalue weighted by molar-refractivity contribution is 5.90. The van der Waals surface area contributed by atoms with Crippen molar-refractivity contribution in [3.05, 3.63) is 30.0 Å². The number of hydrogen-bond donors (Lipinski definition) is 1. The second kappa shape index (κ2) is 6.62. The lowest BCUT2D eigenvalue weighted by Crippen LogP contribution is -2.36. The normalized spacial score (nSPS) is 15.4. The summed E-state index contributed by atoms with van der Waals surface area (Å²) in [5.41, 5.74) is 3.57. The van der Waals surface area contributed by atoms with Crippen molar-refractivity contribution in [3.63, 3.8) is 0 Å². The van der Waals surface area contributed by atoms with Crippen LogP contribution in [0, 0.1) is 5.41 Å². The third-order valence-electron chi connectivity index (χ3n) is 4.16. The van der Waals surface area contributed by atoms with E-state index in [1.54, 1.807) is 0 Å². The minimum atomic E-state index is 0.0467. The van der Waals surface area contributed by atoms with Crippen LogP contribution in [-0.4, -0.2) is 42.9 Å². The molecule has 1 N–H and O–H groups in total. The number of anilines is 1. The Labute approximate surface area is 137 Å². The zero-order valence-electron chi connectivity index (χ0n) is 14.1. The van der Waals surface area contributed by atoms with Gasteiger partial charge in [-0.3, -0.25) is 5.41 Å². The van der Waals surface area contributed by atoms with Crippen LogP contribution in [0.15, 0.2) is 24.4 Å². The van der Waals surface area contributed by atoms with Crippen LogP contribution in [0.5, 0.6) is 0 Å². The van der Waals surface area contributed by atoms with E-state index in [0.29, 0.717) is 12.3 Å². The first-order valence-electron chi connectivity index (χ1n) is 8.19. The molecule has 0 radical (unpaired) electrons. The van der Waals surface area contributed by atoms with Crippen molar-refractivity contribution in [1.29, 1.82) is 5.41 Å². The zero-order valence-corrected chi connectivity index (χ0v) is 14.1. The highest BCUT2D eigenvalue weighted by atomic mass is 16.5. The molecule has 1 saturated heterocycles. The summed E-state index contributed by atoms with van der Waals surface area (Å²) in [7, 11) is 2.06. The maximum atomic E-state index is 7.99. The first-order chi connectivity index (χ1) is 11.0. The number of rotatable bonds is 4. The van der Waals surface area contributed by atoms with Gasteiger partial charge in [0.15, 0.2) is 5.90 Å². The molecule has 5 heteroatoms. The van der Waals surface area contributed by atoms with Crippen molar-refractivity contribution in [2.24, 2.45) is 7.05 Å². The largest absolute Gasteiger partial charge is 0.478 e. The Bertz CT molecular complexity index is 700. The topological polar surface area (TPSA) is 50.5 Å². The summed E-state index contributed by atoms with van der Waals surface area (Å²) < 4.78 is 13.0. The van der Waals surface area contributed by atoms with E-state index in [-0.39, 0.29) is 6.10 Å². The molecular formula is C18H25N3O2. The molecule has 23 heavy (non-hydrogen) atoms. The smallest absolute Gasteiger partial charge is 0.185 e. The molecule has 0 atom stereocenters. The van der Waals surface area contributed by atoms with Crippen LogP contribution < -0.4 is 4.90 Å². The minimum absolute atomic E-state index is 0.0467. The van der Waals surface area contributed by atoms with Crippen molar-refractivity contribution in [2.75, 3.05) is 31.2 Å². The van der Waals surface area contributed by atoms with E-state index in [0.717, 1.165) is 31.9 Å². The van der Waals surface area contributed by atoms with Gasteiger partial charge in [0.2, 0.25) is 0 Å². The predicted octanol–water partition coefficient (Wildman–Crippen LogP) is 2.96. The fraction of sp³-hybridized carbons (Fsp3) is 0.500. The Balaban J connectivity index is 1.86. The molecule has 3 rings (SSSR count). The van der Waals surface area contributed by atoms with E-state index < -0.39 is 0 Å². The average Bonchev–Trinajstić information content (AvgIpc) is 2.83. The quantitative estimate of drug-likeness (QED) is 0.697. The van der Waals surface area contributed by atoms with Crippen molar-refractivity contribution < 1.29 is 9.47 Å². The van der Waals surface area contributed by atoms with Gasteiger partial charge in [-0.25, -0.2) is 0 Å². The molecule has 0 aliphatic carbocycles. The highest BCUT2D eigenvalue weighted by Gasteiger charge is 2.15. The van der Waals surface area contributed by atoms with E-state index in [1.165, 1.54) is 16.6 Å². The Kier molecular flexibility index (Phi) is 4.57. The maximum Gasteiger partial charge on any atom is 0.185 e. The molecule has 0 saturated carbocycles. The molecule has 1 aromatic carbocycles. The van der Waals surface area contributed by atoms with Gasteiger partial charge in [-0.2, -0.15) is 0 Å². The summed E-state index contributed by atoms with van der Waals surface area (Å²) in [5.74, 6) is 0.324. The molecule has 124 valence electrons. The zero-order chi connectivity index (χ0) is 16.4. The summed E-state index contributed by atoms with van der Waals surface area (Å²) >= 11 is 0. The Hall–Kier alpha value is -2.01. The van der Waals surface area contributed by atoms with Crippen LogP contribution in [0.4, 0.5) is 5.69 Å². The molecular weight excluding hydrogens is 290 g/mol. The summed E-state index contributed by atoms with van der Waals surface area (Å²) in [4.78, 5) is 2.36. The summed E-state index contributed by atoms with van der Waals surface area (Å²) in [6.45, 7) is 7.37. The SMILES string of the molecule is CC(C)OC(=N)Cc1cn(C)c2cc(N3CCOCC3)ccc12. The van der Waals surface area contributed by atoms with E-state index in [1.807, 2.05) is 13.8 Å². The van der Waals surface area contributed by atoms with Crippen LogP contribution in [-0.2, 0) is 22.9 Å². The minimum Gasteiger partial charge on any atom is -0.478 e. The Morgan fingerprint density at radius 2 is 2.04 bits per heavy atom. The van der Waals surface area contributed by atoms with Crippen LogP contribution in [0.3, 0.4) is 0 Å². The Morgan fingerprint density at radius 3 is 2.74 bits per heavy atom. The molecule has 2 aromatic rings. The molecule has 1 aromatic heterocycles. The van der Waals surface area contributed by atoms with Gasteiger partial charge in [0.1, 0.15) is 0 Å². The highest BCUT2D eigenvalue weighted by Crippen LogP contribution is 2.27. The van der Waals surface area contributed by atoms with Gasteiger partial charge in [-0.05, 0) is 31.5 Å². The van der Waals surface area contributed by atoms with Gasteiger partial charge in [0.25, 0.3) is 0 Å². The van der Waals surface area contributed by atoms with Gasteiger partial charge >= 0.3 is 0 Å². The second-order valence-corrected chi connectivity index (χ2v) is 6.33. The molecule has 0 bridgehead atoms. The lowest BCUT2D eigenvalue weighted by Gasteiger charge is -2.29. The van der Waals surface area contributed by atoms with Gasteiger partial charge in [0, 0.05) is 37.4 Å². The maximum absolute atomic E-state index is 7.99. The molecule has 1 fully saturated rings. The van der Waals surface area contributed by atoms with Crippen LogP contribution >= 0.6 is 0 Å². The molecule has 2 heterocycles. The number of aryl methyl sites for hydroxylation is 1. The molecule has 1 aliphatic rings. The second-order valence-electron chi connectivity index (χ2n) is 6.33. The number of ether oxygens (including phenoxy) is 2. The van der Waals surface area contributed by atoms with E-state index in [4.69, 9.17) is 14.9 Å². The fourth-order valence-corrected chi connectivity index (χ4v) is 3.11. The van der Waals surface area contributed by atoms with E-state index in [2.05, 4.69) is 40.9 Å². The van der Waals surface area contributed by atoms with Crippen molar-refractivity contribution in [3.8, 4) is 0 Å². The number of nitrogens with zero attached hydrogens (tertiary/aromatic N) is 2. The van der Waals surface area contributed by atoms with Crippen molar-refractivity contribution in [2.45, 2.75) is 26.4 Å². The predicted molar refractivity (Wildman–Crippen MR) is 93.6 cm³/mol. The Morgan fingerprint density at radius 1 is 1.30 bits per heavy atom. The summed E-state index contributed by atoms with van der Waals surface area (Å²) in [5, 5.41) is 9.19. The number of nitrogens with one attached hydrogen (secondary N) is 1. The number of aromatic nitrogens is 1. The first-order valence-corrected chi connectivity index (χ1v) is 8.19. The number of fused-ring (bicyclic) bond motifs is 1. The lowest BCUT2D eigenvalue weighted by molar-refractivity contribution is 0.122. The van der Waals surface area contributed by atoms with E-state index in [9.17, 15) is 0 Å². The standard InChI is InChI=1S/C18H25N3O2/c1-13(2)23-18(19)10-14-12-20(3)17-11-15(4-5-16(14)17)21-6-8-22-9-7-21/h4-5,11-13,19H,6-10H2,1-3H3. The third kappa shape index (κ3) is 3.50. The van der Waals surface area contributed by atoms with Crippen LogP contribution in [0.1, 0.15) is 19.4 Å². The molecule has 0 unspecified atom stereocenters. The third-order valence-corrected chi connectivity index (χ3v) is 4.16. The average molecular weight is 315 g/mol. The van der Waals surface area contributed by atoms with Gasteiger partial charge in [-0.15, -0.1) is 0 Å². The summed E-state index contributed by atoms with van der Waals surface area (Å²) in [6, 6.07) is 6.57. The van der Waals surface area contributed by atoms with E-state index >= 15 is 0 Å². The molecule has 0 amide bonds. The van der Waals surface area contributed by atoms with Gasteiger partial charge in [0.05, 0.1) is 31.3 Å². The van der Waals surface area contributed by atoms with Crippen molar-refractivity contribution in [1.82, 2.24) is 4.57 Å². The lowest BCUT2D eigenvalue weighted by atomic mass is 10.1. The first kappa shape index (κ1) is 15.9. The summed E-state index contributed by atoms with van der Waals surface area (Å²) in [6.07, 6.45) is 2.68. The van der Waals surface area contributed by atoms with Crippen LogP contribution in [0.2, 0.25) is 0 Å². The molecule has 5 nitrogen and oxygen atoms in total. The number of benzene rings is 1. The van der Waals surface area contributed by atoms with Crippen LogP contribution in [0.25, 0.3) is 10.9 Å². The molecule has 1 aliphatic heterocycles. The monoisotopic (exact) mass is 315 g/mol. The number of morpholine rings is 1.